The number of piperidine rings is 1. The first kappa shape index (κ1) is 18.9. The molecule has 2 rings (SSSR count). The van der Waals surface area contributed by atoms with Gasteiger partial charge in [-0.05, 0) is 30.4 Å². The van der Waals surface area contributed by atoms with Crippen molar-refractivity contribution in [2.75, 3.05) is 26.2 Å². The number of nitrogens with one attached hydrogen (secondary N) is 1. The molecule has 25 heavy (non-hydrogen) atoms. The maximum absolute atomic E-state index is 13.5. The topological polar surface area (TPSA) is 75.7 Å². The molecule has 1 aliphatic rings. The van der Waals surface area contributed by atoms with Gasteiger partial charge in [0.2, 0.25) is 0 Å². The minimum Gasteiger partial charge on any atom is -0.454 e. The number of nitrogens with zero attached hydrogens (tertiary/aromatic N) is 1. The largest absolute Gasteiger partial charge is 0.454 e. The van der Waals surface area contributed by atoms with Gasteiger partial charge in [-0.1, -0.05) is 26.0 Å². The van der Waals surface area contributed by atoms with E-state index >= 15 is 0 Å². The van der Waals surface area contributed by atoms with E-state index in [1.807, 2.05) is 0 Å². The van der Waals surface area contributed by atoms with Gasteiger partial charge in [0.25, 0.3) is 11.8 Å². The predicted molar refractivity (Wildman–Crippen MR) is 89.2 cm³/mol. The molecule has 1 aliphatic heterocycles. The molecule has 0 bridgehead atoms. The van der Waals surface area contributed by atoms with Crippen LogP contribution in [0.1, 0.15) is 30.6 Å². The smallest absolute Gasteiger partial charge is 0.325 e. The van der Waals surface area contributed by atoms with Gasteiger partial charge in [-0.15, -0.1) is 0 Å². The Balaban J connectivity index is 1.74. The van der Waals surface area contributed by atoms with Crippen molar-refractivity contribution in [1.82, 2.24) is 10.2 Å². The maximum atomic E-state index is 13.5. The Morgan fingerprint density at radius 2 is 1.84 bits per heavy atom. The molecule has 2 atom stereocenters. The Kier molecular flexibility index (Phi) is 6.50. The summed E-state index contributed by atoms with van der Waals surface area (Å²) in [6, 6.07) is 5.47. The van der Waals surface area contributed by atoms with Crippen LogP contribution in [-0.2, 0) is 14.3 Å². The lowest BCUT2D eigenvalue weighted by Gasteiger charge is -2.34. The van der Waals surface area contributed by atoms with E-state index in [0.29, 0.717) is 24.9 Å². The molecule has 0 unspecified atom stereocenters. The summed E-state index contributed by atoms with van der Waals surface area (Å²) in [4.78, 5) is 37.3. The summed E-state index contributed by atoms with van der Waals surface area (Å²) in [5, 5.41) is 2.28. The highest BCUT2D eigenvalue weighted by Crippen LogP contribution is 2.20. The van der Waals surface area contributed by atoms with Gasteiger partial charge >= 0.3 is 5.97 Å². The number of esters is 1. The lowest BCUT2D eigenvalue weighted by Crippen LogP contribution is -2.44. The van der Waals surface area contributed by atoms with Gasteiger partial charge < -0.3 is 15.0 Å². The van der Waals surface area contributed by atoms with Crippen molar-refractivity contribution in [2.24, 2.45) is 11.8 Å². The quantitative estimate of drug-likeness (QED) is 0.819. The van der Waals surface area contributed by atoms with E-state index in [2.05, 4.69) is 19.2 Å². The van der Waals surface area contributed by atoms with Crippen molar-refractivity contribution in [3.05, 3.63) is 35.6 Å². The summed E-state index contributed by atoms with van der Waals surface area (Å²) in [6.45, 7) is 4.71. The molecule has 1 heterocycles. The van der Waals surface area contributed by atoms with Crippen molar-refractivity contribution < 1.29 is 23.5 Å². The Morgan fingerprint density at radius 1 is 1.20 bits per heavy atom. The zero-order valence-corrected chi connectivity index (χ0v) is 14.5. The minimum atomic E-state index is -0.740. The molecule has 0 aliphatic carbocycles. The highest BCUT2D eigenvalue weighted by atomic mass is 19.1. The second kappa shape index (κ2) is 8.60. The van der Waals surface area contributed by atoms with Gasteiger partial charge in [0.05, 0.1) is 5.56 Å². The van der Waals surface area contributed by atoms with Crippen LogP contribution in [0.2, 0.25) is 0 Å². The molecule has 136 valence electrons. The lowest BCUT2D eigenvalue weighted by molar-refractivity contribution is -0.152. The Labute approximate surface area is 146 Å². The van der Waals surface area contributed by atoms with Gasteiger partial charge in [-0.3, -0.25) is 14.4 Å². The number of hydrogen-bond acceptors (Lipinski definition) is 4. The first-order chi connectivity index (χ1) is 11.9. The van der Waals surface area contributed by atoms with Crippen LogP contribution in [0.4, 0.5) is 4.39 Å². The van der Waals surface area contributed by atoms with Gasteiger partial charge in [-0.2, -0.15) is 0 Å². The van der Waals surface area contributed by atoms with E-state index in [-0.39, 0.29) is 18.1 Å². The standard InChI is InChI=1S/C18H23FN2O4/c1-12-7-13(2)10-21(9-12)16(22)11-25-17(23)8-20-18(24)14-5-3-4-6-15(14)19/h3-6,12-13H,7-11H2,1-2H3,(H,20,24)/t12-,13-/m1/s1. The van der Waals surface area contributed by atoms with E-state index in [4.69, 9.17) is 4.74 Å². The molecule has 6 nitrogen and oxygen atoms in total. The van der Waals surface area contributed by atoms with Crippen molar-refractivity contribution in [3.8, 4) is 0 Å². The van der Waals surface area contributed by atoms with Crippen LogP contribution in [0.25, 0.3) is 0 Å². The number of carbonyl (C=O) groups is 3. The summed E-state index contributed by atoms with van der Waals surface area (Å²) in [5.74, 6) is -1.52. The van der Waals surface area contributed by atoms with Gasteiger partial charge in [0, 0.05) is 13.1 Å². The Hall–Kier alpha value is -2.44. The van der Waals surface area contributed by atoms with Crippen molar-refractivity contribution in [3.63, 3.8) is 0 Å². The van der Waals surface area contributed by atoms with E-state index in [9.17, 15) is 18.8 Å². The van der Waals surface area contributed by atoms with Gasteiger partial charge in [0.15, 0.2) is 6.61 Å². The zero-order valence-electron chi connectivity index (χ0n) is 14.5. The molecule has 1 saturated heterocycles. The molecule has 0 aromatic heterocycles. The molecule has 7 heteroatoms. The number of rotatable bonds is 5. The van der Waals surface area contributed by atoms with Crippen molar-refractivity contribution >= 4 is 17.8 Å². The fourth-order valence-electron chi connectivity index (χ4n) is 3.04. The first-order valence-corrected chi connectivity index (χ1v) is 8.33. The molecule has 1 fully saturated rings. The number of benzene rings is 1. The molecule has 1 N–H and O–H groups in total. The second-order valence-corrected chi connectivity index (χ2v) is 6.57. The highest BCUT2D eigenvalue weighted by Gasteiger charge is 2.26. The Bertz CT molecular complexity index is 640. The monoisotopic (exact) mass is 350 g/mol. The number of ether oxygens (including phenoxy) is 1. The number of halogens is 1. The number of hydrogen-bond donors (Lipinski definition) is 1. The first-order valence-electron chi connectivity index (χ1n) is 8.33. The third kappa shape index (κ3) is 5.55. The third-order valence-corrected chi connectivity index (χ3v) is 4.09. The number of likely N-dealkylation sites (tertiary alicyclic amines) is 1. The normalized spacial score (nSPS) is 20.0. The van der Waals surface area contributed by atoms with E-state index in [1.165, 1.54) is 18.2 Å². The van der Waals surface area contributed by atoms with Crippen LogP contribution in [0.5, 0.6) is 0 Å². The van der Waals surface area contributed by atoms with Crippen LogP contribution in [0, 0.1) is 17.7 Å². The van der Waals surface area contributed by atoms with E-state index in [1.54, 1.807) is 4.90 Å². The van der Waals surface area contributed by atoms with Crippen LogP contribution >= 0.6 is 0 Å². The van der Waals surface area contributed by atoms with Crippen LogP contribution < -0.4 is 5.32 Å². The van der Waals surface area contributed by atoms with Gasteiger partial charge in [0.1, 0.15) is 12.4 Å². The van der Waals surface area contributed by atoms with Crippen LogP contribution in [0.3, 0.4) is 0 Å². The zero-order chi connectivity index (χ0) is 18.4. The maximum Gasteiger partial charge on any atom is 0.325 e. The molecule has 0 spiro atoms. The average molecular weight is 350 g/mol. The number of carbonyl (C=O) groups excluding carboxylic acids is 3. The van der Waals surface area contributed by atoms with Crippen LogP contribution in [0.15, 0.2) is 24.3 Å². The highest BCUT2D eigenvalue weighted by molar-refractivity contribution is 5.96. The van der Waals surface area contributed by atoms with E-state index in [0.717, 1.165) is 12.5 Å². The summed E-state index contributed by atoms with van der Waals surface area (Å²) in [7, 11) is 0. The average Bonchev–Trinajstić information content (AvgIpc) is 2.57. The summed E-state index contributed by atoms with van der Waals surface area (Å²) < 4.78 is 18.4. The summed E-state index contributed by atoms with van der Waals surface area (Å²) in [5.41, 5.74) is -0.150. The van der Waals surface area contributed by atoms with Crippen molar-refractivity contribution in [1.29, 1.82) is 0 Å². The molecular formula is C18H23FN2O4. The second-order valence-electron chi connectivity index (χ2n) is 6.57. The molecule has 1 aromatic carbocycles. The summed E-state index contributed by atoms with van der Waals surface area (Å²) >= 11 is 0. The van der Waals surface area contributed by atoms with Crippen LogP contribution in [-0.4, -0.2) is 48.9 Å². The van der Waals surface area contributed by atoms with E-state index < -0.39 is 24.2 Å². The lowest BCUT2D eigenvalue weighted by atomic mass is 9.92. The summed E-state index contributed by atoms with van der Waals surface area (Å²) in [6.07, 6.45) is 1.08. The number of amides is 2. The molecule has 0 saturated carbocycles. The fraction of sp³-hybridized carbons (Fsp3) is 0.500. The van der Waals surface area contributed by atoms with Crippen molar-refractivity contribution in [2.45, 2.75) is 20.3 Å². The SMILES string of the molecule is C[C@@H]1C[C@@H](C)CN(C(=O)COC(=O)CNC(=O)c2ccccc2F)C1. The van der Waals surface area contributed by atoms with Gasteiger partial charge in [-0.25, -0.2) is 4.39 Å². The third-order valence-electron chi connectivity index (χ3n) is 4.09. The fourth-order valence-corrected chi connectivity index (χ4v) is 3.04. The minimum absolute atomic E-state index is 0.150. The Morgan fingerprint density at radius 3 is 2.48 bits per heavy atom. The molecule has 0 radical (unpaired) electrons. The molecule has 1 aromatic rings. The molecule has 2 amide bonds. The predicted octanol–water partition coefficient (Wildman–Crippen LogP) is 1.60. The molecular weight excluding hydrogens is 327 g/mol.